The van der Waals surface area contributed by atoms with Crippen LogP contribution in [0.25, 0.3) is 0 Å². The van der Waals surface area contributed by atoms with Crippen molar-refractivity contribution < 1.29 is 134 Å². The molecule has 33 heteroatoms. The molecular formula is C56H97N3O27S3. The number of nitrogens with zero attached hydrogens (tertiary/aromatic N) is 2. The van der Waals surface area contributed by atoms with Gasteiger partial charge in [-0.3, -0.25) is 9.59 Å². The highest BCUT2D eigenvalue weighted by atomic mass is 32.2. The SMILES string of the molecule is CCCCCCCCCCCCSC(=S)SC(C)(C#N)CCC(=O)NCCCCCN(C(C)=O)[C@H]1O[C@H](CO)[C@@H](O[C@H]2O[C@H](CO)[C@@H](O[C@H]3O[C@H](CO)[C@@H](O[C@H]4O[C@H](CO)[C@@H](O[C@H]5O[C@H](CO)[C@@H](O)[C@H](O)[C@H]5O)[C@H](O)[C@H]4O)[C@H](O)[C@H]3O)[C@H](O)[C@H]2O)[C@H](O)[C@H]1O. The summed E-state index contributed by atoms with van der Waals surface area (Å²) in [5, 5.41) is 185. The van der Waals surface area contributed by atoms with Crippen LogP contribution in [0.5, 0.6) is 0 Å². The first-order valence-electron chi connectivity index (χ1n) is 30.7. The van der Waals surface area contributed by atoms with E-state index < -0.39 is 197 Å². The van der Waals surface area contributed by atoms with Gasteiger partial charge in [-0.05, 0) is 44.8 Å². The molecule has 30 nitrogen and oxygen atoms in total. The van der Waals surface area contributed by atoms with Crippen molar-refractivity contribution in [1.82, 2.24) is 10.2 Å². The molecule has 5 aliphatic heterocycles. The fraction of sp³-hybridized carbons (Fsp3) is 0.929. The molecule has 516 valence electrons. The number of hydrogen-bond donors (Lipinski definition) is 17. The summed E-state index contributed by atoms with van der Waals surface area (Å²) in [6, 6.07) is 2.31. The summed E-state index contributed by atoms with van der Waals surface area (Å²) in [6.45, 7) is 0.857. The molecule has 89 heavy (non-hydrogen) atoms. The number of carbonyl (C=O) groups is 2. The second kappa shape index (κ2) is 38.7. The first kappa shape index (κ1) is 77.9. The van der Waals surface area contributed by atoms with E-state index in [2.05, 4.69) is 18.3 Å². The average molecular weight is 1340 g/mol. The zero-order valence-corrected chi connectivity index (χ0v) is 52.9. The Morgan fingerprint density at radius 3 is 1.33 bits per heavy atom. The molecule has 17 N–H and O–H groups in total. The Balaban J connectivity index is 1.06. The first-order chi connectivity index (χ1) is 42.4. The number of aliphatic hydroxyl groups excluding tert-OH is 16. The number of thioether (sulfide) groups is 2. The summed E-state index contributed by atoms with van der Waals surface area (Å²) < 4.78 is 50.9. The van der Waals surface area contributed by atoms with Gasteiger partial charge in [-0.15, -0.1) is 11.8 Å². The van der Waals surface area contributed by atoms with Gasteiger partial charge in [0.05, 0.1) is 39.1 Å². The van der Waals surface area contributed by atoms with Crippen LogP contribution < -0.4 is 5.32 Å². The summed E-state index contributed by atoms with van der Waals surface area (Å²) in [5.74, 6) is 0.0856. The molecule has 5 saturated heterocycles. The third-order valence-corrected chi connectivity index (χ3v) is 19.4. The number of aliphatic hydroxyl groups is 16. The van der Waals surface area contributed by atoms with E-state index in [9.17, 15) is 96.6 Å². The smallest absolute Gasteiger partial charge is 0.221 e. The monoisotopic (exact) mass is 1340 g/mol. The van der Waals surface area contributed by atoms with Crippen LogP contribution in [0, 0.1) is 11.3 Å². The van der Waals surface area contributed by atoms with Gasteiger partial charge >= 0.3 is 0 Å². The molecule has 5 fully saturated rings. The van der Waals surface area contributed by atoms with Crippen LogP contribution in [0.2, 0.25) is 0 Å². The molecule has 0 aromatic carbocycles. The highest BCUT2D eigenvalue weighted by Gasteiger charge is 2.57. The second-order valence-corrected chi connectivity index (χ2v) is 27.1. The van der Waals surface area contributed by atoms with E-state index in [1.54, 1.807) is 18.7 Å². The standard InChI is InChI=1S/C56H97N3O27S3/c1-4-5-6-7-8-9-10-11-12-16-21-88-55(87)89-56(3,27-57)18-17-34(66)58-19-14-13-15-20-59(28(2)65)50-41(73)37(69)46(30(23-61)78-50)83-52-43(75)39(71)48(32(25-63)80-52)85-54-45(77)40(72)49(33(26-64)82-54)86-53-44(76)38(70)47(31(24-62)81-53)84-51-42(74)36(68)35(67)29(22-60)79-51/h29-33,35-54,60-64,67-77H,4-26H2,1-3H3,(H,58,66)/t29-,30-,31-,32-,33-,35-,36+,37-,38-,39-,40-,41-,42-,43-,44-,45-,46-,47-,48-,49-,50+,51-,52-,53-,54-,56?/m1/s1. The Morgan fingerprint density at radius 1 is 0.528 bits per heavy atom. The Morgan fingerprint density at radius 2 is 0.910 bits per heavy atom. The molecule has 5 aliphatic rings. The molecule has 1 unspecified atom stereocenters. The number of hydrogen-bond acceptors (Lipinski definition) is 31. The zero-order chi connectivity index (χ0) is 65.7. The Hall–Kier alpha value is -1.78. The summed E-state index contributed by atoms with van der Waals surface area (Å²) in [7, 11) is 0. The van der Waals surface area contributed by atoms with Gasteiger partial charge in [0.15, 0.2) is 31.4 Å². The molecule has 0 saturated carbocycles. The first-order valence-corrected chi connectivity index (χ1v) is 32.9. The van der Waals surface area contributed by atoms with E-state index in [0.717, 1.165) is 23.5 Å². The summed E-state index contributed by atoms with van der Waals surface area (Å²) >= 11 is 8.45. The fourth-order valence-electron chi connectivity index (χ4n) is 11.1. The number of carbonyl (C=O) groups excluding carboxylic acids is 2. The van der Waals surface area contributed by atoms with Gasteiger partial charge in [-0.1, -0.05) is 88.7 Å². The molecule has 26 atom stereocenters. The largest absolute Gasteiger partial charge is 0.394 e. The molecule has 2 amide bonds. The van der Waals surface area contributed by atoms with E-state index in [1.807, 2.05) is 0 Å². The average Bonchev–Trinajstić information content (AvgIpc) is 1.33. The molecule has 0 radical (unpaired) electrons. The number of thiocarbonyl (C=S) groups is 1. The molecule has 0 bridgehead atoms. The number of nitrogens with one attached hydrogen (secondary N) is 1. The maximum atomic E-state index is 13.0. The summed E-state index contributed by atoms with van der Waals surface area (Å²) in [5.41, 5.74) is 0. The van der Waals surface area contributed by atoms with Crippen LogP contribution in [0.4, 0.5) is 0 Å². The van der Waals surface area contributed by atoms with Crippen molar-refractivity contribution in [3.63, 3.8) is 0 Å². The number of unbranched alkanes of at least 4 members (excludes halogenated alkanes) is 11. The molecular weight excluding hydrogens is 1240 g/mol. The third kappa shape index (κ3) is 21.6. The molecule has 0 spiro atoms. The van der Waals surface area contributed by atoms with E-state index in [0.29, 0.717) is 35.8 Å². The predicted molar refractivity (Wildman–Crippen MR) is 316 cm³/mol. The number of amides is 2. The highest BCUT2D eigenvalue weighted by Crippen LogP contribution is 2.38. The van der Waals surface area contributed by atoms with Crippen molar-refractivity contribution in [3.8, 4) is 6.07 Å². The van der Waals surface area contributed by atoms with Gasteiger partial charge in [0.2, 0.25) is 11.8 Å². The lowest BCUT2D eigenvalue weighted by atomic mass is 9.95. The van der Waals surface area contributed by atoms with E-state index >= 15 is 0 Å². The third-order valence-electron chi connectivity index (χ3n) is 16.5. The molecule has 5 heterocycles. The van der Waals surface area contributed by atoms with Crippen molar-refractivity contribution in [3.05, 3.63) is 0 Å². The van der Waals surface area contributed by atoms with Crippen molar-refractivity contribution in [2.45, 2.75) is 275 Å². The van der Waals surface area contributed by atoms with Crippen LogP contribution in [-0.2, 0) is 52.2 Å². The topological polar surface area (TPSA) is 480 Å². The minimum Gasteiger partial charge on any atom is -0.394 e. The zero-order valence-electron chi connectivity index (χ0n) is 50.5. The van der Waals surface area contributed by atoms with Gasteiger partial charge in [-0.25, -0.2) is 0 Å². The van der Waals surface area contributed by atoms with Gasteiger partial charge in [0, 0.05) is 26.4 Å². The van der Waals surface area contributed by atoms with Gasteiger partial charge in [0.1, 0.15) is 130 Å². The quantitative estimate of drug-likeness (QED) is 0.0212. The molecule has 0 aromatic heterocycles. The highest BCUT2D eigenvalue weighted by molar-refractivity contribution is 8.47. The van der Waals surface area contributed by atoms with Gasteiger partial charge in [0.25, 0.3) is 0 Å². The summed E-state index contributed by atoms with van der Waals surface area (Å²) in [6.07, 6.45) is -32.2. The van der Waals surface area contributed by atoms with E-state index in [1.165, 1.54) is 70.1 Å². The minimum absolute atomic E-state index is 0.0125. The second-order valence-electron chi connectivity index (χ2n) is 23.3. The number of ether oxygens (including phenoxy) is 9. The Kier molecular flexibility index (Phi) is 33.9. The Labute approximate surface area is 531 Å². The van der Waals surface area contributed by atoms with E-state index in [-0.39, 0.29) is 18.9 Å². The molecule has 0 aliphatic carbocycles. The van der Waals surface area contributed by atoms with E-state index in [4.69, 9.17) is 54.8 Å². The van der Waals surface area contributed by atoms with Crippen LogP contribution >= 0.6 is 35.7 Å². The van der Waals surface area contributed by atoms with Crippen LogP contribution in [0.3, 0.4) is 0 Å². The van der Waals surface area contributed by atoms with Crippen molar-refractivity contribution in [2.24, 2.45) is 0 Å². The summed E-state index contributed by atoms with van der Waals surface area (Å²) in [4.78, 5) is 26.9. The van der Waals surface area contributed by atoms with Crippen molar-refractivity contribution in [2.75, 3.05) is 51.9 Å². The lowest BCUT2D eigenvalue weighted by Gasteiger charge is -2.50. The molecule has 0 aromatic rings. The molecule has 5 rings (SSSR count). The van der Waals surface area contributed by atoms with Gasteiger partial charge in [-0.2, -0.15) is 5.26 Å². The van der Waals surface area contributed by atoms with Gasteiger partial charge < -0.3 is 135 Å². The fourth-order valence-corrected chi connectivity index (χ4v) is 14.1. The normalized spacial score (nSPS) is 38.3. The number of rotatable bonds is 35. The number of nitriles is 1. The van der Waals surface area contributed by atoms with Crippen LogP contribution in [0.15, 0.2) is 0 Å². The Bertz CT molecular complexity index is 2130. The lowest BCUT2D eigenvalue weighted by molar-refractivity contribution is -0.392. The predicted octanol–water partition coefficient (Wildman–Crippen LogP) is -4.05. The lowest BCUT2D eigenvalue weighted by Crippen LogP contribution is -2.68. The minimum atomic E-state index is -2.16. The maximum absolute atomic E-state index is 13.0. The van der Waals surface area contributed by atoms with Crippen LogP contribution in [0.1, 0.15) is 117 Å². The van der Waals surface area contributed by atoms with Crippen molar-refractivity contribution >= 4 is 51.1 Å². The maximum Gasteiger partial charge on any atom is 0.221 e. The van der Waals surface area contributed by atoms with Crippen molar-refractivity contribution in [1.29, 1.82) is 5.26 Å². The van der Waals surface area contributed by atoms with Crippen LogP contribution in [-0.4, -0.2) is 312 Å².